The molecule has 0 amide bonds. The zero-order valence-electron chi connectivity index (χ0n) is 16.0. The fraction of sp³-hybridized carbons (Fsp3) is 0.0345. The van der Waals surface area contributed by atoms with Crippen LogP contribution in [0.25, 0.3) is 21.9 Å². The van der Waals surface area contributed by atoms with Crippen molar-refractivity contribution in [1.29, 1.82) is 0 Å². The molecule has 0 spiro atoms. The standard InChI is InChI=1S/C29H19/c1-3-13-23(14-4-1)29(24-15-5-2-6-16-24)27-18-10-9-17-25(27)26-19-21-11-7-8-12-22(21)20-28(26)29/h1-19H. The molecule has 0 saturated carbocycles. The molecule has 135 valence electrons. The van der Waals surface area contributed by atoms with Gasteiger partial charge in [0.2, 0.25) is 0 Å². The van der Waals surface area contributed by atoms with Crippen LogP contribution in [0.2, 0.25) is 0 Å². The van der Waals surface area contributed by atoms with Crippen LogP contribution in [0.3, 0.4) is 0 Å². The van der Waals surface area contributed by atoms with Crippen LogP contribution in [0.15, 0.2) is 115 Å². The van der Waals surface area contributed by atoms with Crippen molar-refractivity contribution in [1.82, 2.24) is 0 Å². The van der Waals surface area contributed by atoms with Crippen LogP contribution in [0, 0.1) is 6.07 Å². The summed E-state index contributed by atoms with van der Waals surface area (Å²) in [4.78, 5) is 0. The molecular formula is C29H19. The highest BCUT2D eigenvalue weighted by Crippen LogP contribution is 2.56. The van der Waals surface area contributed by atoms with Gasteiger partial charge in [-0.2, -0.15) is 0 Å². The van der Waals surface area contributed by atoms with Gasteiger partial charge in [0, 0.05) is 0 Å². The predicted molar refractivity (Wildman–Crippen MR) is 120 cm³/mol. The molecule has 29 heavy (non-hydrogen) atoms. The maximum absolute atomic E-state index is 3.84. The van der Waals surface area contributed by atoms with Gasteiger partial charge in [0.05, 0.1) is 5.41 Å². The van der Waals surface area contributed by atoms with Crippen molar-refractivity contribution in [2.24, 2.45) is 0 Å². The lowest BCUT2D eigenvalue weighted by molar-refractivity contribution is 0.768. The molecule has 0 aromatic heterocycles. The van der Waals surface area contributed by atoms with Crippen LogP contribution in [0.5, 0.6) is 0 Å². The average molecular weight is 367 g/mol. The quantitative estimate of drug-likeness (QED) is 0.309. The molecule has 0 unspecified atom stereocenters. The highest BCUT2D eigenvalue weighted by atomic mass is 14.5. The van der Waals surface area contributed by atoms with E-state index in [4.69, 9.17) is 0 Å². The Morgan fingerprint density at radius 3 is 1.83 bits per heavy atom. The van der Waals surface area contributed by atoms with Gasteiger partial charge in [0.25, 0.3) is 0 Å². The summed E-state index contributed by atoms with van der Waals surface area (Å²) in [6, 6.07) is 45.3. The molecule has 5 aromatic rings. The van der Waals surface area contributed by atoms with E-state index in [1.54, 1.807) is 0 Å². The second-order valence-electron chi connectivity index (χ2n) is 7.67. The first kappa shape index (κ1) is 16.3. The molecule has 0 heterocycles. The van der Waals surface area contributed by atoms with Crippen LogP contribution in [-0.4, -0.2) is 0 Å². The van der Waals surface area contributed by atoms with Gasteiger partial charge >= 0.3 is 0 Å². The van der Waals surface area contributed by atoms with Crippen molar-refractivity contribution in [3.05, 3.63) is 144 Å². The zero-order valence-corrected chi connectivity index (χ0v) is 16.0. The van der Waals surface area contributed by atoms with E-state index in [2.05, 4.69) is 121 Å². The Labute approximate surface area is 171 Å². The number of rotatable bonds is 2. The molecule has 0 nitrogen and oxygen atoms in total. The largest absolute Gasteiger partial charge is 0.0719 e. The van der Waals surface area contributed by atoms with Gasteiger partial charge in [0.1, 0.15) is 0 Å². The van der Waals surface area contributed by atoms with Crippen molar-refractivity contribution in [2.75, 3.05) is 0 Å². The fourth-order valence-electron chi connectivity index (χ4n) is 5.00. The Hall–Kier alpha value is -3.64. The lowest BCUT2D eigenvalue weighted by Crippen LogP contribution is -2.28. The predicted octanol–water partition coefficient (Wildman–Crippen LogP) is 7.00. The third kappa shape index (κ3) is 2.20. The Morgan fingerprint density at radius 2 is 1.10 bits per heavy atom. The molecule has 0 heteroatoms. The normalized spacial score (nSPS) is 13.8. The number of hydrogen-bond acceptors (Lipinski definition) is 0. The average Bonchev–Trinajstić information content (AvgIpc) is 3.09. The van der Waals surface area contributed by atoms with Gasteiger partial charge in [-0.1, -0.05) is 109 Å². The van der Waals surface area contributed by atoms with Crippen LogP contribution < -0.4 is 0 Å². The first-order chi connectivity index (χ1) is 14.4. The van der Waals surface area contributed by atoms with Crippen molar-refractivity contribution >= 4 is 10.8 Å². The third-order valence-electron chi connectivity index (χ3n) is 6.20. The summed E-state index contributed by atoms with van der Waals surface area (Å²) in [6.07, 6.45) is 0. The SMILES string of the molecule is [c]1c2c(cc3ccccc13)-c1ccccc1C2(c1ccccc1)c1ccccc1. The van der Waals surface area contributed by atoms with E-state index in [1.165, 1.54) is 38.8 Å². The molecule has 1 radical (unpaired) electrons. The monoisotopic (exact) mass is 367 g/mol. The molecule has 0 fully saturated rings. The lowest BCUT2D eigenvalue weighted by atomic mass is 9.67. The Kier molecular flexibility index (Phi) is 3.48. The molecule has 0 atom stereocenters. The van der Waals surface area contributed by atoms with E-state index >= 15 is 0 Å². The molecule has 6 rings (SSSR count). The molecule has 5 aromatic carbocycles. The Bertz CT molecular complexity index is 1290. The highest BCUT2D eigenvalue weighted by molar-refractivity contribution is 5.95. The summed E-state index contributed by atoms with van der Waals surface area (Å²) in [5.74, 6) is 0. The molecule has 0 saturated heterocycles. The minimum absolute atomic E-state index is 0.363. The second kappa shape index (κ2) is 6.18. The first-order valence-electron chi connectivity index (χ1n) is 10.1. The molecular weight excluding hydrogens is 348 g/mol. The van der Waals surface area contributed by atoms with Crippen LogP contribution >= 0.6 is 0 Å². The van der Waals surface area contributed by atoms with Crippen LogP contribution in [-0.2, 0) is 5.41 Å². The maximum atomic E-state index is 3.84. The Balaban J connectivity index is 1.83. The fourth-order valence-corrected chi connectivity index (χ4v) is 5.00. The number of hydrogen-bond donors (Lipinski definition) is 0. The second-order valence-corrected chi connectivity index (χ2v) is 7.67. The molecule has 1 aliphatic rings. The summed E-state index contributed by atoms with van der Waals surface area (Å²) in [5, 5.41) is 2.40. The summed E-state index contributed by atoms with van der Waals surface area (Å²) in [5.41, 5.74) is 7.37. The van der Waals surface area contributed by atoms with E-state index in [0.29, 0.717) is 0 Å². The van der Waals surface area contributed by atoms with Gasteiger partial charge in [0.15, 0.2) is 0 Å². The summed E-state index contributed by atoms with van der Waals surface area (Å²) in [6.45, 7) is 0. The summed E-state index contributed by atoms with van der Waals surface area (Å²) in [7, 11) is 0. The molecule has 1 aliphatic carbocycles. The van der Waals surface area contributed by atoms with Gasteiger partial charge in [-0.3, -0.25) is 0 Å². The number of benzene rings is 5. The maximum Gasteiger partial charge on any atom is 0.0719 e. The third-order valence-corrected chi connectivity index (χ3v) is 6.20. The van der Waals surface area contributed by atoms with Crippen LogP contribution in [0.4, 0.5) is 0 Å². The van der Waals surface area contributed by atoms with Gasteiger partial charge < -0.3 is 0 Å². The minimum Gasteiger partial charge on any atom is -0.0622 e. The Morgan fingerprint density at radius 1 is 0.517 bits per heavy atom. The molecule has 0 N–H and O–H groups in total. The van der Waals surface area contributed by atoms with E-state index < -0.39 is 0 Å². The molecule has 0 aliphatic heterocycles. The topological polar surface area (TPSA) is 0 Å². The zero-order chi connectivity index (χ0) is 19.3. The van der Waals surface area contributed by atoms with Gasteiger partial charge in [-0.25, -0.2) is 0 Å². The van der Waals surface area contributed by atoms with Crippen molar-refractivity contribution in [3.63, 3.8) is 0 Å². The minimum atomic E-state index is -0.363. The van der Waals surface area contributed by atoms with Crippen molar-refractivity contribution in [3.8, 4) is 11.1 Å². The van der Waals surface area contributed by atoms with Gasteiger partial charge in [-0.15, -0.1) is 0 Å². The summed E-state index contributed by atoms with van der Waals surface area (Å²) >= 11 is 0. The summed E-state index contributed by atoms with van der Waals surface area (Å²) < 4.78 is 0. The van der Waals surface area contributed by atoms with Gasteiger partial charge in [-0.05, 0) is 56.3 Å². The number of fused-ring (bicyclic) bond motifs is 4. The lowest BCUT2D eigenvalue weighted by Gasteiger charge is -2.33. The van der Waals surface area contributed by atoms with Crippen molar-refractivity contribution < 1.29 is 0 Å². The van der Waals surface area contributed by atoms with Crippen molar-refractivity contribution in [2.45, 2.75) is 5.41 Å². The smallest absolute Gasteiger partial charge is 0.0622 e. The van der Waals surface area contributed by atoms with E-state index in [9.17, 15) is 0 Å². The van der Waals surface area contributed by atoms with E-state index in [1.807, 2.05) is 0 Å². The van der Waals surface area contributed by atoms with E-state index in [-0.39, 0.29) is 5.41 Å². The first-order valence-corrected chi connectivity index (χ1v) is 10.1. The molecule has 0 bridgehead atoms. The van der Waals surface area contributed by atoms with Crippen LogP contribution in [0.1, 0.15) is 22.3 Å². The highest BCUT2D eigenvalue weighted by Gasteiger charge is 2.46. The van der Waals surface area contributed by atoms with E-state index in [0.717, 1.165) is 5.39 Å².